The van der Waals surface area contributed by atoms with Crippen molar-refractivity contribution in [3.63, 3.8) is 0 Å². The van der Waals surface area contributed by atoms with Crippen LogP contribution in [0, 0.1) is 17.2 Å². The third kappa shape index (κ3) is 3.52. The maximum atomic E-state index is 12.2. The SMILES string of the molecule is CN(CC1CCOCC1)C(=O)c1cc(C#N)ccn1. The van der Waals surface area contributed by atoms with Crippen LogP contribution in [-0.4, -0.2) is 42.6 Å². The normalized spacial score (nSPS) is 15.8. The zero-order valence-corrected chi connectivity index (χ0v) is 11.0. The second kappa shape index (κ2) is 6.30. The summed E-state index contributed by atoms with van der Waals surface area (Å²) in [5.41, 5.74) is 0.784. The van der Waals surface area contributed by atoms with Gasteiger partial charge in [-0.25, -0.2) is 0 Å². The van der Waals surface area contributed by atoms with E-state index in [-0.39, 0.29) is 5.91 Å². The fourth-order valence-corrected chi connectivity index (χ4v) is 2.21. The van der Waals surface area contributed by atoms with Crippen LogP contribution >= 0.6 is 0 Å². The first kappa shape index (κ1) is 13.5. The molecule has 0 bridgehead atoms. The van der Waals surface area contributed by atoms with Gasteiger partial charge in [-0.1, -0.05) is 0 Å². The van der Waals surface area contributed by atoms with Gasteiger partial charge in [-0.05, 0) is 30.9 Å². The van der Waals surface area contributed by atoms with E-state index in [1.807, 2.05) is 6.07 Å². The van der Waals surface area contributed by atoms with E-state index in [9.17, 15) is 4.79 Å². The standard InChI is InChI=1S/C14H17N3O2/c1-17(10-11-3-6-19-7-4-11)14(18)13-8-12(9-15)2-5-16-13/h2,5,8,11H,3-4,6-7,10H2,1H3. The topological polar surface area (TPSA) is 66.2 Å². The number of nitrogens with zero attached hydrogens (tertiary/aromatic N) is 3. The van der Waals surface area contributed by atoms with E-state index in [0.717, 1.165) is 26.1 Å². The molecule has 19 heavy (non-hydrogen) atoms. The Morgan fingerprint density at radius 1 is 1.58 bits per heavy atom. The van der Waals surface area contributed by atoms with Crippen molar-refractivity contribution in [2.45, 2.75) is 12.8 Å². The molecule has 1 fully saturated rings. The molecule has 100 valence electrons. The van der Waals surface area contributed by atoms with Crippen LogP contribution in [0.25, 0.3) is 0 Å². The van der Waals surface area contributed by atoms with Crippen LogP contribution in [0.5, 0.6) is 0 Å². The molecule has 0 aliphatic carbocycles. The average Bonchev–Trinajstić information content (AvgIpc) is 2.47. The number of nitriles is 1. The molecule has 0 radical (unpaired) electrons. The summed E-state index contributed by atoms with van der Waals surface area (Å²) in [6.07, 6.45) is 3.47. The Kier molecular flexibility index (Phi) is 4.48. The lowest BCUT2D eigenvalue weighted by Crippen LogP contribution is -2.34. The Morgan fingerprint density at radius 2 is 2.32 bits per heavy atom. The Bertz CT molecular complexity index is 490. The fourth-order valence-electron chi connectivity index (χ4n) is 2.21. The van der Waals surface area contributed by atoms with Crippen molar-refractivity contribution < 1.29 is 9.53 Å². The quantitative estimate of drug-likeness (QED) is 0.824. The molecule has 0 atom stereocenters. The van der Waals surface area contributed by atoms with Crippen LogP contribution in [0.2, 0.25) is 0 Å². The van der Waals surface area contributed by atoms with Crippen LogP contribution in [-0.2, 0) is 4.74 Å². The lowest BCUT2D eigenvalue weighted by molar-refractivity contribution is 0.0495. The van der Waals surface area contributed by atoms with Gasteiger partial charge >= 0.3 is 0 Å². The molecule has 1 aliphatic rings. The van der Waals surface area contributed by atoms with E-state index in [4.69, 9.17) is 10.00 Å². The van der Waals surface area contributed by atoms with Gasteiger partial charge in [0.2, 0.25) is 0 Å². The molecule has 1 aliphatic heterocycles. The predicted molar refractivity (Wildman–Crippen MR) is 69.5 cm³/mol. The predicted octanol–water partition coefficient (Wildman–Crippen LogP) is 1.45. The van der Waals surface area contributed by atoms with Crippen molar-refractivity contribution in [3.05, 3.63) is 29.6 Å². The van der Waals surface area contributed by atoms with Gasteiger partial charge in [-0.2, -0.15) is 5.26 Å². The molecule has 2 heterocycles. The van der Waals surface area contributed by atoms with E-state index in [2.05, 4.69) is 4.98 Å². The minimum atomic E-state index is -0.136. The van der Waals surface area contributed by atoms with Crippen molar-refractivity contribution in [3.8, 4) is 6.07 Å². The number of pyridine rings is 1. The Hall–Kier alpha value is -1.93. The van der Waals surface area contributed by atoms with Gasteiger partial charge in [0.05, 0.1) is 11.6 Å². The third-order valence-corrected chi connectivity index (χ3v) is 3.33. The molecule has 5 heteroatoms. The van der Waals surface area contributed by atoms with Crippen LogP contribution in [0.4, 0.5) is 0 Å². The number of hydrogen-bond donors (Lipinski definition) is 0. The minimum absolute atomic E-state index is 0.136. The molecule has 5 nitrogen and oxygen atoms in total. The van der Waals surface area contributed by atoms with Crippen LogP contribution in [0.1, 0.15) is 28.9 Å². The number of hydrogen-bond acceptors (Lipinski definition) is 4. The molecule has 0 unspecified atom stereocenters. The van der Waals surface area contributed by atoms with Gasteiger partial charge in [-0.3, -0.25) is 9.78 Å². The zero-order chi connectivity index (χ0) is 13.7. The van der Waals surface area contributed by atoms with Gasteiger partial charge in [0.25, 0.3) is 5.91 Å². The van der Waals surface area contributed by atoms with Crippen LogP contribution in [0.15, 0.2) is 18.3 Å². The molecule has 1 amide bonds. The molecule has 1 saturated heterocycles. The highest BCUT2D eigenvalue weighted by Gasteiger charge is 2.20. The molecular weight excluding hydrogens is 242 g/mol. The van der Waals surface area contributed by atoms with Crippen molar-refractivity contribution in [1.82, 2.24) is 9.88 Å². The summed E-state index contributed by atoms with van der Waals surface area (Å²) in [4.78, 5) is 17.9. The summed E-state index contributed by atoms with van der Waals surface area (Å²) in [6, 6.07) is 5.14. The molecule has 1 aromatic rings. The summed E-state index contributed by atoms with van der Waals surface area (Å²) < 4.78 is 5.30. The first-order valence-electron chi connectivity index (χ1n) is 6.40. The highest BCUT2D eigenvalue weighted by Crippen LogP contribution is 2.16. The molecule has 2 rings (SSSR count). The Morgan fingerprint density at radius 3 is 3.00 bits per heavy atom. The second-order valence-electron chi connectivity index (χ2n) is 4.78. The van der Waals surface area contributed by atoms with Crippen LogP contribution < -0.4 is 0 Å². The second-order valence-corrected chi connectivity index (χ2v) is 4.78. The highest BCUT2D eigenvalue weighted by molar-refractivity contribution is 5.92. The largest absolute Gasteiger partial charge is 0.381 e. The summed E-state index contributed by atoms with van der Waals surface area (Å²) in [6.45, 7) is 2.25. The molecule has 0 N–H and O–H groups in total. The van der Waals surface area contributed by atoms with Gasteiger partial charge in [0.15, 0.2) is 0 Å². The monoisotopic (exact) mass is 259 g/mol. The highest BCUT2D eigenvalue weighted by atomic mass is 16.5. The fraction of sp³-hybridized carbons (Fsp3) is 0.500. The Balaban J connectivity index is 1.99. The maximum Gasteiger partial charge on any atom is 0.272 e. The molecule has 0 spiro atoms. The number of aromatic nitrogens is 1. The number of carbonyl (C=O) groups excluding carboxylic acids is 1. The summed E-state index contributed by atoms with van der Waals surface area (Å²) >= 11 is 0. The maximum absolute atomic E-state index is 12.2. The van der Waals surface area contributed by atoms with Crippen LogP contribution in [0.3, 0.4) is 0 Å². The number of carbonyl (C=O) groups is 1. The van der Waals surface area contributed by atoms with E-state index >= 15 is 0 Å². The lowest BCUT2D eigenvalue weighted by Gasteiger charge is -2.27. The number of ether oxygens (including phenoxy) is 1. The van der Waals surface area contributed by atoms with Crippen molar-refractivity contribution in [2.24, 2.45) is 5.92 Å². The van der Waals surface area contributed by atoms with E-state index < -0.39 is 0 Å². The molecular formula is C14H17N3O2. The summed E-state index contributed by atoms with van der Waals surface area (Å²) in [5, 5.41) is 8.83. The summed E-state index contributed by atoms with van der Waals surface area (Å²) in [5.74, 6) is 0.352. The van der Waals surface area contributed by atoms with Gasteiger partial charge in [0, 0.05) is 33.0 Å². The van der Waals surface area contributed by atoms with Gasteiger partial charge in [0.1, 0.15) is 5.69 Å². The van der Waals surface area contributed by atoms with E-state index in [1.54, 1.807) is 18.0 Å². The molecule has 0 saturated carbocycles. The first-order chi connectivity index (χ1) is 9.20. The van der Waals surface area contributed by atoms with Crippen molar-refractivity contribution in [1.29, 1.82) is 5.26 Å². The van der Waals surface area contributed by atoms with Gasteiger partial charge < -0.3 is 9.64 Å². The minimum Gasteiger partial charge on any atom is -0.381 e. The van der Waals surface area contributed by atoms with Crippen molar-refractivity contribution >= 4 is 5.91 Å². The molecule has 0 aromatic carbocycles. The smallest absolute Gasteiger partial charge is 0.272 e. The molecule has 1 aromatic heterocycles. The third-order valence-electron chi connectivity index (χ3n) is 3.33. The zero-order valence-electron chi connectivity index (χ0n) is 11.0. The van der Waals surface area contributed by atoms with E-state index in [0.29, 0.717) is 23.7 Å². The number of rotatable bonds is 3. The van der Waals surface area contributed by atoms with Gasteiger partial charge in [-0.15, -0.1) is 0 Å². The lowest BCUT2D eigenvalue weighted by atomic mass is 10.00. The number of amides is 1. The Labute approximate surface area is 112 Å². The van der Waals surface area contributed by atoms with E-state index in [1.165, 1.54) is 12.3 Å². The average molecular weight is 259 g/mol. The first-order valence-corrected chi connectivity index (χ1v) is 6.40. The summed E-state index contributed by atoms with van der Waals surface area (Å²) in [7, 11) is 1.78. The van der Waals surface area contributed by atoms with Crippen molar-refractivity contribution in [2.75, 3.05) is 26.8 Å².